The van der Waals surface area contributed by atoms with E-state index in [0.29, 0.717) is 36.3 Å². The fraction of sp³-hybridized carbons (Fsp3) is 0.222. The highest BCUT2D eigenvalue weighted by molar-refractivity contribution is 6.16. The SMILES string of the molecule is O=C(CCc1ccccc1)NCC1=Nc2ccncc2C(=O)C1. The molecule has 0 saturated heterocycles. The van der Waals surface area contributed by atoms with E-state index in [-0.39, 0.29) is 18.1 Å². The molecular formula is C18H17N3O2. The predicted molar refractivity (Wildman–Crippen MR) is 88.1 cm³/mol. The maximum Gasteiger partial charge on any atom is 0.220 e. The molecule has 5 nitrogen and oxygen atoms in total. The van der Waals surface area contributed by atoms with Crippen LogP contribution in [0.1, 0.15) is 28.8 Å². The summed E-state index contributed by atoms with van der Waals surface area (Å²) in [4.78, 5) is 32.3. The molecular weight excluding hydrogens is 290 g/mol. The van der Waals surface area contributed by atoms with Crippen molar-refractivity contribution in [3.63, 3.8) is 0 Å². The van der Waals surface area contributed by atoms with E-state index in [2.05, 4.69) is 15.3 Å². The summed E-state index contributed by atoms with van der Waals surface area (Å²) in [6, 6.07) is 11.6. The Labute approximate surface area is 134 Å². The average molecular weight is 307 g/mol. The summed E-state index contributed by atoms with van der Waals surface area (Å²) in [5, 5.41) is 2.84. The summed E-state index contributed by atoms with van der Waals surface area (Å²) in [5.74, 6) is -0.0406. The van der Waals surface area contributed by atoms with Crippen molar-refractivity contribution >= 4 is 23.1 Å². The van der Waals surface area contributed by atoms with Gasteiger partial charge < -0.3 is 5.32 Å². The number of aliphatic imine (C=N–C) groups is 1. The summed E-state index contributed by atoms with van der Waals surface area (Å²) in [6.07, 6.45) is 4.50. The number of amides is 1. The molecule has 3 rings (SSSR count). The van der Waals surface area contributed by atoms with Gasteiger partial charge >= 0.3 is 0 Å². The number of nitrogens with zero attached hydrogens (tertiary/aromatic N) is 2. The van der Waals surface area contributed by atoms with Crippen molar-refractivity contribution in [2.24, 2.45) is 4.99 Å². The van der Waals surface area contributed by atoms with Crippen LogP contribution in [0.2, 0.25) is 0 Å². The van der Waals surface area contributed by atoms with Gasteiger partial charge in [0.05, 0.1) is 24.2 Å². The molecule has 5 heteroatoms. The number of carbonyl (C=O) groups excluding carboxylic acids is 2. The number of rotatable bonds is 5. The van der Waals surface area contributed by atoms with E-state index in [1.165, 1.54) is 6.20 Å². The summed E-state index contributed by atoms with van der Waals surface area (Å²) in [5.41, 5.74) is 2.99. The molecule has 23 heavy (non-hydrogen) atoms. The Hall–Kier alpha value is -2.82. The molecule has 1 amide bonds. The number of hydrogen-bond acceptors (Lipinski definition) is 4. The van der Waals surface area contributed by atoms with Crippen LogP contribution >= 0.6 is 0 Å². The number of Topliss-reactive ketones (excluding diaryl/α,β-unsaturated/α-hetero) is 1. The Bertz CT molecular complexity index is 754. The van der Waals surface area contributed by atoms with Crippen molar-refractivity contribution in [3.8, 4) is 0 Å². The standard InChI is InChI=1S/C18H17N3O2/c22-17-10-14(21-16-8-9-19-12-15(16)17)11-20-18(23)7-6-13-4-2-1-3-5-13/h1-5,8-9,12H,6-7,10-11H2,(H,20,23). The quantitative estimate of drug-likeness (QED) is 0.922. The normalized spacial score (nSPS) is 13.2. The van der Waals surface area contributed by atoms with E-state index >= 15 is 0 Å². The van der Waals surface area contributed by atoms with E-state index in [4.69, 9.17) is 0 Å². The maximum atomic E-state index is 12.0. The second-order valence-electron chi connectivity index (χ2n) is 5.43. The van der Waals surface area contributed by atoms with Gasteiger partial charge in [0, 0.05) is 24.5 Å². The molecule has 1 aliphatic heterocycles. The van der Waals surface area contributed by atoms with Crippen molar-refractivity contribution in [1.29, 1.82) is 0 Å². The lowest BCUT2D eigenvalue weighted by Crippen LogP contribution is -2.31. The Morgan fingerprint density at radius 1 is 1.17 bits per heavy atom. The van der Waals surface area contributed by atoms with Crippen LogP contribution in [0.25, 0.3) is 0 Å². The average Bonchev–Trinajstić information content (AvgIpc) is 2.59. The molecule has 0 atom stereocenters. The van der Waals surface area contributed by atoms with Crippen molar-refractivity contribution < 1.29 is 9.59 Å². The summed E-state index contributed by atoms with van der Waals surface area (Å²) in [6.45, 7) is 0.307. The second kappa shape index (κ2) is 6.96. The predicted octanol–water partition coefficient (Wildman–Crippen LogP) is 2.49. The zero-order chi connectivity index (χ0) is 16.1. The molecule has 0 radical (unpaired) electrons. The molecule has 1 aromatic carbocycles. The highest BCUT2D eigenvalue weighted by atomic mass is 16.1. The van der Waals surface area contributed by atoms with Gasteiger partial charge in [-0.05, 0) is 18.1 Å². The number of aryl methyl sites for hydroxylation is 1. The van der Waals surface area contributed by atoms with Gasteiger partial charge in [-0.25, -0.2) is 0 Å². The third kappa shape index (κ3) is 3.88. The van der Waals surface area contributed by atoms with E-state index < -0.39 is 0 Å². The lowest BCUT2D eigenvalue weighted by Gasteiger charge is -2.14. The third-order valence-electron chi connectivity index (χ3n) is 3.71. The summed E-state index contributed by atoms with van der Waals surface area (Å²) < 4.78 is 0. The van der Waals surface area contributed by atoms with Gasteiger partial charge in [0.2, 0.25) is 5.91 Å². The molecule has 1 aliphatic rings. The van der Waals surface area contributed by atoms with Gasteiger partial charge in [0.15, 0.2) is 5.78 Å². The lowest BCUT2D eigenvalue weighted by atomic mass is 10.0. The van der Waals surface area contributed by atoms with Crippen molar-refractivity contribution in [2.45, 2.75) is 19.3 Å². The van der Waals surface area contributed by atoms with Gasteiger partial charge in [-0.3, -0.25) is 19.6 Å². The van der Waals surface area contributed by atoms with Crippen molar-refractivity contribution in [2.75, 3.05) is 6.54 Å². The van der Waals surface area contributed by atoms with Gasteiger partial charge in [-0.2, -0.15) is 0 Å². The minimum atomic E-state index is -0.0375. The zero-order valence-electron chi connectivity index (χ0n) is 12.7. The maximum absolute atomic E-state index is 12.0. The topological polar surface area (TPSA) is 71.4 Å². The smallest absolute Gasteiger partial charge is 0.220 e. The minimum Gasteiger partial charge on any atom is -0.351 e. The van der Waals surface area contributed by atoms with Gasteiger partial charge in [-0.1, -0.05) is 30.3 Å². The molecule has 2 aromatic rings. The first-order chi connectivity index (χ1) is 11.2. The number of ketones is 1. The molecule has 0 saturated carbocycles. The molecule has 0 spiro atoms. The van der Waals surface area contributed by atoms with Crippen LogP contribution in [0.15, 0.2) is 53.8 Å². The number of nitrogens with one attached hydrogen (secondary N) is 1. The van der Waals surface area contributed by atoms with Crippen LogP contribution in [-0.2, 0) is 11.2 Å². The number of pyridine rings is 1. The Morgan fingerprint density at radius 3 is 2.83 bits per heavy atom. The van der Waals surface area contributed by atoms with Crippen LogP contribution in [0, 0.1) is 0 Å². The van der Waals surface area contributed by atoms with E-state index in [1.807, 2.05) is 30.3 Å². The summed E-state index contributed by atoms with van der Waals surface area (Å²) in [7, 11) is 0. The highest BCUT2D eigenvalue weighted by Crippen LogP contribution is 2.24. The van der Waals surface area contributed by atoms with Crippen LogP contribution in [-0.4, -0.2) is 28.9 Å². The third-order valence-corrected chi connectivity index (χ3v) is 3.71. The molecule has 0 fully saturated rings. The first kappa shape index (κ1) is 15.1. The van der Waals surface area contributed by atoms with Crippen LogP contribution in [0.5, 0.6) is 0 Å². The number of carbonyl (C=O) groups is 2. The monoisotopic (exact) mass is 307 g/mol. The van der Waals surface area contributed by atoms with Crippen LogP contribution in [0.3, 0.4) is 0 Å². The fourth-order valence-corrected chi connectivity index (χ4v) is 2.48. The molecule has 1 N–H and O–H groups in total. The first-order valence-corrected chi connectivity index (χ1v) is 7.56. The molecule has 2 heterocycles. The van der Waals surface area contributed by atoms with E-state index in [1.54, 1.807) is 12.3 Å². The van der Waals surface area contributed by atoms with Crippen molar-refractivity contribution in [1.82, 2.24) is 10.3 Å². The second-order valence-corrected chi connectivity index (χ2v) is 5.43. The number of hydrogen-bond donors (Lipinski definition) is 1. The Morgan fingerprint density at radius 2 is 2.00 bits per heavy atom. The molecule has 0 aliphatic carbocycles. The number of fused-ring (bicyclic) bond motifs is 1. The van der Waals surface area contributed by atoms with E-state index in [9.17, 15) is 9.59 Å². The molecule has 116 valence electrons. The largest absolute Gasteiger partial charge is 0.351 e. The van der Waals surface area contributed by atoms with Gasteiger partial charge in [0.1, 0.15) is 0 Å². The van der Waals surface area contributed by atoms with Gasteiger partial charge in [0.25, 0.3) is 0 Å². The number of benzene rings is 1. The lowest BCUT2D eigenvalue weighted by molar-refractivity contribution is -0.120. The van der Waals surface area contributed by atoms with Crippen LogP contribution < -0.4 is 5.32 Å². The van der Waals surface area contributed by atoms with E-state index in [0.717, 1.165) is 5.56 Å². The van der Waals surface area contributed by atoms with Crippen molar-refractivity contribution in [3.05, 3.63) is 59.9 Å². The van der Waals surface area contributed by atoms with Gasteiger partial charge in [-0.15, -0.1) is 0 Å². The molecule has 0 unspecified atom stereocenters. The fourth-order valence-electron chi connectivity index (χ4n) is 2.48. The van der Waals surface area contributed by atoms with Crippen LogP contribution in [0.4, 0.5) is 5.69 Å². The highest BCUT2D eigenvalue weighted by Gasteiger charge is 2.20. The molecule has 0 bridgehead atoms. The Balaban J connectivity index is 1.54. The zero-order valence-corrected chi connectivity index (χ0v) is 12.7. The number of aromatic nitrogens is 1. The first-order valence-electron chi connectivity index (χ1n) is 7.56. The summed E-state index contributed by atoms with van der Waals surface area (Å²) >= 11 is 0. The Kier molecular flexibility index (Phi) is 4.57. The minimum absolute atomic E-state index is 0.00312. The molecule has 1 aromatic heterocycles.